The van der Waals surface area contributed by atoms with Crippen molar-refractivity contribution < 1.29 is 0 Å². The van der Waals surface area contributed by atoms with Crippen LogP contribution in [0, 0.1) is 0 Å². The lowest BCUT2D eigenvalue weighted by Gasteiger charge is -1.95. The van der Waals surface area contributed by atoms with E-state index in [1.807, 2.05) is 24.3 Å². The highest BCUT2D eigenvalue weighted by Gasteiger charge is 1.87. The van der Waals surface area contributed by atoms with E-state index in [2.05, 4.69) is 20.8 Å². The quantitative estimate of drug-likeness (QED) is 0.697. The third-order valence-electron chi connectivity index (χ3n) is 0.934. The molecule has 48 valence electrons. The number of nitrogens with one attached hydrogen (secondary N) is 1. The van der Waals surface area contributed by atoms with Gasteiger partial charge < -0.3 is 0 Å². The van der Waals surface area contributed by atoms with Crippen LogP contribution in [0.2, 0.25) is 0 Å². The average Bonchev–Trinajstić information content (AvgIpc) is 1.88. The van der Waals surface area contributed by atoms with E-state index in [9.17, 15) is 0 Å². The highest BCUT2D eigenvalue weighted by Crippen LogP contribution is 2.15. The minimum absolute atomic E-state index is 0.894. The van der Waals surface area contributed by atoms with Crippen LogP contribution >= 0.6 is 27.7 Å². The van der Waals surface area contributed by atoms with E-state index in [1.54, 1.807) is 0 Å². The topological polar surface area (TPSA) is 12.0 Å². The lowest BCUT2D eigenvalue weighted by Crippen LogP contribution is -1.77. The summed E-state index contributed by atoms with van der Waals surface area (Å²) in [6.07, 6.45) is 0. The molecule has 3 heteroatoms. The molecule has 0 spiro atoms. The maximum Gasteiger partial charge on any atom is 0.0502 e. The van der Waals surface area contributed by atoms with Crippen LogP contribution in [0.3, 0.4) is 0 Å². The Labute approximate surface area is 67.3 Å². The van der Waals surface area contributed by atoms with Gasteiger partial charge in [0, 0.05) is 16.2 Å². The van der Waals surface area contributed by atoms with Crippen molar-refractivity contribution in [1.29, 1.82) is 0 Å². The summed E-state index contributed by atoms with van der Waals surface area (Å²) in [5, 5.41) is 0. The molecule has 0 aliphatic heterocycles. The first kappa shape index (κ1) is 6.90. The number of rotatable bonds is 1. The molecule has 0 amide bonds. The first-order valence-corrected chi connectivity index (χ1v) is 3.62. The van der Waals surface area contributed by atoms with Crippen LogP contribution in [0.4, 0.5) is 5.69 Å². The van der Waals surface area contributed by atoms with Gasteiger partial charge in [-0.25, -0.2) is 0 Å². The summed E-state index contributed by atoms with van der Waals surface area (Å²) < 4.78 is 1.02. The second-order valence-electron chi connectivity index (χ2n) is 1.60. The van der Waals surface area contributed by atoms with Crippen molar-refractivity contribution in [2.24, 2.45) is 0 Å². The van der Waals surface area contributed by atoms with Gasteiger partial charge in [-0.1, -0.05) is 22.0 Å². The highest BCUT2D eigenvalue weighted by atomic mass is 79.9. The molecule has 0 fully saturated rings. The van der Waals surface area contributed by atoms with Gasteiger partial charge in [-0.05, 0) is 18.2 Å². The lowest BCUT2D eigenvalue weighted by molar-refractivity contribution is 1.63. The van der Waals surface area contributed by atoms with Crippen LogP contribution in [0.5, 0.6) is 0 Å². The molecule has 0 atom stereocenters. The summed E-state index contributed by atoms with van der Waals surface area (Å²) in [5.41, 5.74) is 0.894. The van der Waals surface area contributed by atoms with Crippen molar-refractivity contribution in [1.82, 2.24) is 0 Å². The van der Waals surface area contributed by atoms with Crippen LogP contribution in [-0.4, -0.2) is 0 Å². The second kappa shape index (κ2) is 3.08. The minimum atomic E-state index is 0.894. The fourth-order valence-electron chi connectivity index (χ4n) is 0.547. The zero-order valence-electron chi connectivity index (χ0n) is 4.57. The molecule has 1 rings (SSSR count). The Balaban J connectivity index is 2.94. The molecule has 0 saturated carbocycles. The molecular formula is C6H5BrClN. The van der Waals surface area contributed by atoms with E-state index >= 15 is 0 Å². The Morgan fingerprint density at radius 2 is 2.22 bits per heavy atom. The Bertz CT molecular complexity index is 202. The summed E-state index contributed by atoms with van der Waals surface area (Å²) in [5.74, 6) is 0. The van der Waals surface area contributed by atoms with Gasteiger partial charge in [-0.3, -0.25) is 4.84 Å². The first-order chi connectivity index (χ1) is 4.33. The van der Waals surface area contributed by atoms with Gasteiger partial charge in [-0.15, -0.1) is 0 Å². The van der Waals surface area contributed by atoms with Gasteiger partial charge in [0.2, 0.25) is 0 Å². The van der Waals surface area contributed by atoms with Crippen molar-refractivity contribution in [3.63, 3.8) is 0 Å². The molecular weight excluding hydrogens is 201 g/mol. The van der Waals surface area contributed by atoms with Crippen LogP contribution in [-0.2, 0) is 0 Å². The zero-order chi connectivity index (χ0) is 6.69. The van der Waals surface area contributed by atoms with E-state index in [0.29, 0.717) is 0 Å². The predicted octanol–water partition coefficient (Wildman–Crippen LogP) is 3.01. The molecule has 1 aromatic carbocycles. The minimum Gasteiger partial charge on any atom is -0.298 e. The number of halogens is 2. The highest BCUT2D eigenvalue weighted by molar-refractivity contribution is 9.10. The van der Waals surface area contributed by atoms with Crippen LogP contribution in [0.15, 0.2) is 28.7 Å². The number of benzene rings is 1. The van der Waals surface area contributed by atoms with E-state index in [1.165, 1.54) is 0 Å². The number of hydrogen-bond acceptors (Lipinski definition) is 1. The normalized spacial score (nSPS) is 9.11. The van der Waals surface area contributed by atoms with Gasteiger partial charge in [0.25, 0.3) is 0 Å². The second-order valence-corrected chi connectivity index (χ2v) is 2.71. The molecule has 0 aliphatic rings. The fraction of sp³-hybridized carbons (Fsp3) is 0. The third kappa shape index (κ3) is 1.88. The van der Waals surface area contributed by atoms with Crippen LogP contribution < -0.4 is 4.84 Å². The zero-order valence-corrected chi connectivity index (χ0v) is 6.91. The standard InChI is InChI=1S/C6H5BrClN/c7-5-2-1-3-6(4-5)9-8/h1-4,9H. The third-order valence-corrected chi connectivity index (χ3v) is 1.65. The first-order valence-electron chi connectivity index (χ1n) is 2.45. The molecule has 0 aromatic heterocycles. The van der Waals surface area contributed by atoms with Gasteiger partial charge in [0.05, 0.1) is 5.69 Å². The van der Waals surface area contributed by atoms with Gasteiger partial charge >= 0.3 is 0 Å². The largest absolute Gasteiger partial charge is 0.298 e. The van der Waals surface area contributed by atoms with Crippen LogP contribution in [0.25, 0.3) is 0 Å². The summed E-state index contributed by atoms with van der Waals surface area (Å²) in [6.45, 7) is 0. The molecule has 0 saturated heterocycles. The van der Waals surface area contributed by atoms with Gasteiger partial charge in [0.15, 0.2) is 0 Å². The SMILES string of the molecule is ClNc1cccc(Br)c1. The molecule has 0 aliphatic carbocycles. The van der Waals surface area contributed by atoms with Gasteiger partial charge in [0.1, 0.15) is 0 Å². The lowest BCUT2D eigenvalue weighted by atomic mass is 10.3. The molecule has 0 heterocycles. The Morgan fingerprint density at radius 1 is 1.44 bits per heavy atom. The summed E-state index contributed by atoms with van der Waals surface area (Å²) in [7, 11) is 0. The molecule has 0 radical (unpaired) electrons. The van der Waals surface area contributed by atoms with Crippen LogP contribution in [0.1, 0.15) is 0 Å². The molecule has 0 unspecified atom stereocenters. The maximum atomic E-state index is 5.33. The van der Waals surface area contributed by atoms with Crippen molar-refractivity contribution in [2.75, 3.05) is 4.84 Å². The van der Waals surface area contributed by atoms with E-state index in [4.69, 9.17) is 11.8 Å². The van der Waals surface area contributed by atoms with E-state index < -0.39 is 0 Å². The van der Waals surface area contributed by atoms with Crippen molar-refractivity contribution in [3.05, 3.63) is 28.7 Å². The Morgan fingerprint density at radius 3 is 2.67 bits per heavy atom. The molecule has 0 bridgehead atoms. The molecule has 1 nitrogen and oxygen atoms in total. The van der Waals surface area contributed by atoms with Crippen molar-refractivity contribution >= 4 is 33.4 Å². The maximum absolute atomic E-state index is 5.33. The fourth-order valence-corrected chi connectivity index (χ4v) is 1.06. The Kier molecular flexibility index (Phi) is 2.37. The predicted molar refractivity (Wildman–Crippen MR) is 43.6 cm³/mol. The molecule has 1 N–H and O–H groups in total. The number of hydrogen-bond donors (Lipinski definition) is 1. The molecule has 1 aromatic rings. The van der Waals surface area contributed by atoms with Crippen molar-refractivity contribution in [3.8, 4) is 0 Å². The Hall–Kier alpha value is -0.210. The van der Waals surface area contributed by atoms with Gasteiger partial charge in [-0.2, -0.15) is 0 Å². The number of anilines is 1. The average molecular weight is 206 g/mol. The van der Waals surface area contributed by atoms with E-state index in [-0.39, 0.29) is 0 Å². The summed E-state index contributed by atoms with van der Waals surface area (Å²) >= 11 is 8.63. The summed E-state index contributed by atoms with van der Waals surface area (Å²) in [4.78, 5) is 2.51. The summed E-state index contributed by atoms with van der Waals surface area (Å²) in [6, 6.07) is 7.64. The monoisotopic (exact) mass is 205 g/mol. The van der Waals surface area contributed by atoms with E-state index in [0.717, 1.165) is 10.2 Å². The van der Waals surface area contributed by atoms with Crippen molar-refractivity contribution in [2.45, 2.75) is 0 Å². The molecule has 9 heavy (non-hydrogen) atoms. The smallest absolute Gasteiger partial charge is 0.0502 e.